The minimum atomic E-state index is -0.662. The predicted molar refractivity (Wildman–Crippen MR) is 61.0 cm³/mol. The molecular weight excluding hydrogens is 242 g/mol. The Morgan fingerprint density at radius 3 is 3.18 bits per heavy atom. The van der Waals surface area contributed by atoms with Crippen LogP contribution in [0.15, 0.2) is 23.7 Å². The molecule has 0 aliphatic carbocycles. The third-order valence-corrected chi connectivity index (χ3v) is 3.11. The second-order valence-electron chi connectivity index (χ2n) is 3.33. The first-order valence-electron chi connectivity index (χ1n) is 4.83. The van der Waals surface area contributed by atoms with E-state index in [0.29, 0.717) is 0 Å². The molecule has 7 nitrogen and oxygen atoms in total. The molecule has 1 amide bonds. The minimum Gasteiger partial charge on any atom is -0.386 e. The number of nitrogen functional groups attached to an aromatic ring is 1. The monoisotopic (exact) mass is 253 g/mol. The average Bonchev–Trinajstić information content (AvgIpc) is 2.98. The molecule has 0 aliphatic heterocycles. The second kappa shape index (κ2) is 5.04. The molecule has 0 bridgehead atoms. The fourth-order valence-corrected chi connectivity index (χ4v) is 2.02. The van der Waals surface area contributed by atoms with Crippen LogP contribution in [-0.2, 0) is 6.54 Å². The molecule has 0 saturated heterocycles. The lowest BCUT2D eigenvalue weighted by atomic mass is 10.3. The molecule has 2 heterocycles. The maximum absolute atomic E-state index is 11.1. The van der Waals surface area contributed by atoms with Gasteiger partial charge in [0.15, 0.2) is 5.69 Å². The molecule has 2 aromatic heterocycles. The van der Waals surface area contributed by atoms with Crippen LogP contribution in [0.25, 0.3) is 0 Å². The van der Waals surface area contributed by atoms with Gasteiger partial charge in [-0.1, -0.05) is 11.3 Å². The third kappa shape index (κ3) is 2.67. The molecule has 0 aromatic carbocycles. The highest BCUT2D eigenvalue weighted by Gasteiger charge is 2.13. The summed E-state index contributed by atoms with van der Waals surface area (Å²) in [5.74, 6) is 4.46. The van der Waals surface area contributed by atoms with Crippen molar-refractivity contribution in [3.63, 3.8) is 0 Å². The molecule has 1 unspecified atom stereocenters. The third-order valence-electron chi connectivity index (χ3n) is 2.13. The summed E-state index contributed by atoms with van der Waals surface area (Å²) in [4.78, 5) is 12.0. The molecule has 17 heavy (non-hydrogen) atoms. The van der Waals surface area contributed by atoms with Crippen LogP contribution in [0.5, 0.6) is 0 Å². The number of aliphatic hydroxyl groups is 1. The Bertz CT molecular complexity index is 495. The van der Waals surface area contributed by atoms with Crippen molar-refractivity contribution in [2.24, 2.45) is 5.84 Å². The first-order valence-corrected chi connectivity index (χ1v) is 5.71. The van der Waals surface area contributed by atoms with Gasteiger partial charge in [-0.15, -0.1) is 16.4 Å². The SMILES string of the molecule is NNC(=O)c1cn(CC(O)c2cccs2)nn1. The van der Waals surface area contributed by atoms with Crippen molar-refractivity contribution >= 4 is 17.2 Å². The molecule has 0 fully saturated rings. The first-order chi connectivity index (χ1) is 8.20. The highest BCUT2D eigenvalue weighted by atomic mass is 32.1. The summed E-state index contributed by atoms with van der Waals surface area (Å²) in [7, 11) is 0. The average molecular weight is 253 g/mol. The normalized spacial score (nSPS) is 12.4. The van der Waals surface area contributed by atoms with Crippen LogP contribution in [0.4, 0.5) is 0 Å². The number of hydrogen-bond acceptors (Lipinski definition) is 6. The topological polar surface area (TPSA) is 106 Å². The van der Waals surface area contributed by atoms with E-state index in [1.165, 1.54) is 22.2 Å². The molecule has 1 atom stereocenters. The highest BCUT2D eigenvalue weighted by molar-refractivity contribution is 7.10. The fraction of sp³-hybridized carbons (Fsp3) is 0.222. The zero-order valence-corrected chi connectivity index (χ0v) is 9.59. The van der Waals surface area contributed by atoms with E-state index in [2.05, 4.69) is 10.3 Å². The smallest absolute Gasteiger partial charge is 0.287 e. The zero-order valence-electron chi connectivity index (χ0n) is 8.78. The Morgan fingerprint density at radius 2 is 2.53 bits per heavy atom. The van der Waals surface area contributed by atoms with Gasteiger partial charge in [-0.2, -0.15) is 0 Å². The zero-order chi connectivity index (χ0) is 12.3. The lowest BCUT2D eigenvalue weighted by Gasteiger charge is -2.06. The van der Waals surface area contributed by atoms with Crippen molar-refractivity contribution in [1.29, 1.82) is 0 Å². The van der Waals surface area contributed by atoms with Crippen molar-refractivity contribution in [3.8, 4) is 0 Å². The number of aliphatic hydroxyl groups excluding tert-OH is 1. The number of nitrogens with one attached hydrogen (secondary N) is 1. The number of aromatic nitrogens is 3. The summed E-state index contributed by atoms with van der Waals surface area (Å²) in [6.07, 6.45) is 0.768. The van der Waals surface area contributed by atoms with E-state index in [4.69, 9.17) is 5.84 Å². The van der Waals surface area contributed by atoms with Gasteiger partial charge in [-0.3, -0.25) is 10.2 Å². The lowest BCUT2D eigenvalue weighted by Crippen LogP contribution is -2.30. The number of carbonyl (C=O) groups excluding carboxylic acids is 1. The van der Waals surface area contributed by atoms with Crippen LogP contribution in [0.3, 0.4) is 0 Å². The summed E-state index contributed by atoms with van der Waals surface area (Å²) in [5.41, 5.74) is 2.08. The van der Waals surface area contributed by atoms with E-state index < -0.39 is 12.0 Å². The van der Waals surface area contributed by atoms with Crippen molar-refractivity contribution in [1.82, 2.24) is 20.4 Å². The van der Waals surface area contributed by atoms with E-state index in [1.54, 1.807) is 0 Å². The van der Waals surface area contributed by atoms with E-state index in [-0.39, 0.29) is 12.2 Å². The molecule has 0 saturated carbocycles. The standard InChI is InChI=1S/C9H11N5O2S/c10-11-9(16)6-4-14(13-12-6)5-7(15)8-2-1-3-17-8/h1-4,7,15H,5,10H2,(H,11,16). The Labute approximate surface area is 101 Å². The van der Waals surface area contributed by atoms with Crippen LogP contribution >= 0.6 is 11.3 Å². The van der Waals surface area contributed by atoms with Crippen molar-refractivity contribution in [2.45, 2.75) is 12.6 Å². The maximum atomic E-state index is 11.1. The summed E-state index contributed by atoms with van der Waals surface area (Å²) in [5, 5.41) is 19.1. The Hall–Kier alpha value is -1.77. The minimum absolute atomic E-state index is 0.117. The number of hydrazine groups is 1. The van der Waals surface area contributed by atoms with Gasteiger partial charge in [0.25, 0.3) is 5.91 Å². The fourth-order valence-electron chi connectivity index (χ4n) is 1.31. The Morgan fingerprint density at radius 1 is 1.71 bits per heavy atom. The Balaban J connectivity index is 2.04. The van der Waals surface area contributed by atoms with E-state index in [0.717, 1.165) is 4.88 Å². The van der Waals surface area contributed by atoms with Gasteiger partial charge in [0, 0.05) is 4.88 Å². The molecular formula is C9H11N5O2S. The number of nitrogens with zero attached hydrogens (tertiary/aromatic N) is 3. The second-order valence-corrected chi connectivity index (χ2v) is 4.31. The molecule has 0 aliphatic rings. The summed E-state index contributed by atoms with van der Waals surface area (Å²) < 4.78 is 1.40. The summed E-state index contributed by atoms with van der Waals surface area (Å²) >= 11 is 1.46. The van der Waals surface area contributed by atoms with Crippen LogP contribution < -0.4 is 11.3 Å². The van der Waals surface area contributed by atoms with Crippen molar-refractivity contribution in [3.05, 3.63) is 34.3 Å². The molecule has 8 heteroatoms. The number of nitrogens with two attached hydrogens (primary N) is 1. The largest absolute Gasteiger partial charge is 0.386 e. The van der Waals surface area contributed by atoms with Crippen molar-refractivity contribution in [2.75, 3.05) is 0 Å². The number of amides is 1. The van der Waals surface area contributed by atoms with E-state index in [9.17, 15) is 9.90 Å². The van der Waals surface area contributed by atoms with Crippen LogP contribution in [0.1, 0.15) is 21.5 Å². The first kappa shape index (κ1) is 11.7. The van der Waals surface area contributed by atoms with Gasteiger partial charge < -0.3 is 5.11 Å². The van der Waals surface area contributed by atoms with Crippen LogP contribution in [0.2, 0.25) is 0 Å². The van der Waals surface area contributed by atoms with Crippen molar-refractivity contribution < 1.29 is 9.90 Å². The molecule has 4 N–H and O–H groups in total. The number of hydrogen-bond donors (Lipinski definition) is 3. The van der Waals surface area contributed by atoms with E-state index in [1.807, 2.05) is 22.9 Å². The number of carbonyl (C=O) groups is 1. The van der Waals surface area contributed by atoms with Gasteiger partial charge in [-0.05, 0) is 11.4 Å². The van der Waals surface area contributed by atoms with Gasteiger partial charge in [-0.25, -0.2) is 10.5 Å². The molecule has 90 valence electrons. The number of rotatable bonds is 4. The molecule has 0 spiro atoms. The van der Waals surface area contributed by atoms with Gasteiger partial charge in [0.05, 0.1) is 12.7 Å². The highest BCUT2D eigenvalue weighted by Crippen LogP contribution is 2.19. The molecule has 2 rings (SSSR count). The quantitative estimate of drug-likeness (QED) is 0.393. The van der Waals surface area contributed by atoms with Crippen LogP contribution in [0, 0.1) is 0 Å². The lowest BCUT2D eigenvalue weighted by molar-refractivity contribution is 0.0948. The van der Waals surface area contributed by atoms with Crippen LogP contribution in [-0.4, -0.2) is 26.0 Å². The molecule has 0 radical (unpaired) electrons. The van der Waals surface area contributed by atoms with Gasteiger partial charge in [0.2, 0.25) is 0 Å². The summed E-state index contributed by atoms with van der Waals surface area (Å²) in [6.45, 7) is 0.241. The van der Waals surface area contributed by atoms with Gasteiger partial charge >= 0.3 is 0 Å². The van der Waals surface area contributed by atoms with Gasteiger partial charge in [0.1, 0.15) is 6.10 Å². The summed E-state index contributed by atoms with van der Waals surface area (Å²) in [6, 6.07) is 3.69. The molecule has 2 aromatic rings. The predicted octanol–water partition coefficient (Wildman–Crippen LogP) is -0.323. The van der Waals surface area contributed by atoms with E-state index >= 15 is 0 Å². The number of thiophene rings is 1. The Kier molecular flexibility index (Phi) is 3.47. The maximum Gasteiger partial charge on any atom is 0.287 e.